The van der Waals surface area contributed by atoms with Crippen molar-refractivity contribution < 1.29 is 19.4 Å². The lowest BCUT2D eigenvalue weighted by Gasteiger charge is -2.14. The van der Waals surface area contributed by atoms with E-state index in [0.29, 0.717) is 5.56 Å². The van der Waals surface area contributed by atoms with Gasteiger partial charge in [-0.25, -0.2) is 9.59 Å². The molecule has 0 saturated heterocycles. The molecule has 0 aliphatic carbocycles. The normalized spacial score (nSPS) is 11.4. The lowest BCUT2D eigenvalue weighted by Crippen LogP contribution is -2.34. The average Bonchev–Trinajstić information content (AvgIpc) is 2.52. The average molecular weight is 285 g/mol. The molecule has 0 aliphatic heterocycles. The van der Waals surface area contributed by atoms with Gasteiger partial charge in [-0.05, 0) is 11.1 Å². The number of nitrogens with one attached hydrogen (secondary N) is 1. The lowest BCUT2D eigenvalue weighted by atomic mass is 10.1. The van der Waals surface area contributed by atoms with Crippen molar-refractivity contribution in [1.29, 1.82) is 0 Å². The monoisotopic (exact) mass is 285 g/mol. The van der Waals surface area contributed by atoms with Gasteiger partial charge in [-0.15, -0.1) is 0 Å². The summed E-state index contributed by atoms with van der Waals surface area (Å²) >= 11 is 0. The largest absolute Gasteiger partial charge is 0.479 e. The third-order valence-corrected chi connectivity index (χ3v) is 2.85. The molecule has 0 saturated carbocycles. The standard InChI is InChI=1S/C16H15NO4/c18-15(19)14(13-9-5-2-6-10-13)17-16(20)21-11-12-7-3-1-4-8-12/h1-10,14H,11H2,(H,17,20)(H,18,19). The quantitative estimate of drug-likeness (QED) is 0.885. The van der Waals surface area contributed by atoms with E-state index in [1.807, 2.05) is 30.3 Å². The topological polar surface area (TPSA) is 75.6 Å². The molecule has 5 heteroatoms. The number of amides is 1. The second kappa shape index (κ2) is 7.09. The Morgan fingerprint density at radius 1 is 1.00 bits per heavy atom. The molecular weight excluding hydrogens is 270 g/mol. The van der Waals surface area contributed by atoms with Gasteiger partial charge in [0.15, 0.2) is 6.04 Å². The molecule has 108 valence electrons. The number of rotatable bonds is 5. The van der Waals surface area contributed by atoms with E-state index in [9.17, 15) is 14.7 Å². The van der Waals surface area contributed by atoms with Crippen molar-refractivity contribution in [2.75, 3.05) is 0 Å². The highest BCUT2D eigenvalue weighted by Gasteiger charge is 2.22. The molecule has 1 atom stereocenters. The molecule has 0 aromatic heterocycles. The summed E-state index contributed by atoms with van der Waals surface area (Å²) < 4.78 is 5.02. The van der Waals surface area contributed by atoms with E-state index in [1.54, 1.807) is 30.3 Å². The van der Waals surface area contributed by atoms with Gasteiger partial charge in [-0.2, -0.15) is 0 Å². The molecule has 2 N–H and O–H groups in total. The van der Waals surface area contributed by atoms with Crippen LogP contribution >= 0.6 is 0 Å². The SMILES string of the molecule is O=C(NC(C(=O)O)c1ccccc1)OCc1ccccc1. The van der Waals surface area contributed by atoms with Crippen molar-refractivity contribution in [2.45, 2.75) is 12.6 Å². The maximum absolute atomic E-state index is 11.7. The number of hydrogen-bond acceptors (Lipinski definition) is 3. The maximum Gasteiger partial charge on any atom is 0.408 e. The van der Waals surface area contributed by atoms with Gasteiger partial charge >= 0.3 is 12.1 Å². The fourth-order valence-corrected chi connectivity index (χ4v) is 1.82. The van der Waals surface area contributed by atoms with E-state index < -0.39 is 18.1 Å². The zero-order valence-electron chi connectivity index (χ0n) is 11.2. The van der Waals surface area contributed by atoms with Crippen LogP contribution in [0, 0.1) is 0 Å². The molecule has 0 spiro atoms. The van der Waals surface area contributed by atoms with E-state index in [2.05, 4.69) is 5.32 Å². The number of alkyl carbamates (subject to hydrolysis) is 1. The summed E-state index contributed by atoms with van der Waals surface area (Å²) in [6, 6.07) is 16.5. The van der Waals surface area contributed by atoms with Crippen molar-refractivity contribution in [3.8, 4) is 0 Å². The van der Waals surface area contributed by atoms with E-state index in [-0.39, 0.29) is 6.61 Å². The van der Waals surface area contributed by atoms with Crippen LogP contribution in [0.4, 0.5) is 4.79 Å². The van der Waals surface area contributed by atoms with Crippen LogP contribution in [0.15, 0.2) is 60.7 Å². The van der Waals surface area contributed by atoms with Crippen molar-refractivity contribution in [2.24, 2.45) is 0 Å². The number of hydrogen-bond donors (Lipinski definition) is 2. The first kappa shape index (κ1) is 14.6. The Bertz CT molecular complexity index is 598. The third-order valence-electron chi connectivity index (χ3n) is 2.85. The van der Waals surface area contributed by atoms with E-state index >= 15 is 0 Å². The Morgan fingerprint density at radius 2 is 1.57 bits per heavy atom. The van der Waals surface area contributed by atoms with Gasteiger partial charge in [-0.1, -0.05) is 60.7 Å². The molecule has 1 unspecified atom stereocenters. The third kappa shape index (κ3) is 4.35. The van der Waals surface area contributed by atoms with Crippen molar-refractivity contribution >= 4 is 12.1 Å². The first-order valence-corrected chi connectivity index (χ1v) is 6.42. The maximum atomic E-state index is 11.7. The van der Waals surface area contributed by atoms with Gasteiger partial charge < -0.3 is 15.2 Å². The van der Waals surface area contributed by atoms with Crippen molar-refractivity contribution in [1.82, 2.24) is 5.32 Å². The number of carboxylic acids is 1. The van der Waals surface area contributed by atoms with Crippen LogP contribution in [0.25, 0.3) is 0 Å². The zero-order valence-corrected chi connectivity index (χ0v) is 11.2. The Balaban J connectivity index is 1.95. The predicted molar refractivity (Wildman–Crippen MR) is 76.6 cm³/mol. The Morgan fingerprint density at radius 3 is 2.14 bits per heavy atom. The number of carbonyl (C=O) groups is 2. The van der Waals surface area contributed by atoms with Crippen LogP contribution in [-0.4, -0.2) is 17.2 Å². The molecule has 2 aromatic rings. The fraction of sp³-hybridized carbons (Fsp3) is 0.125. The summed E-state index contributed by atoms with van der Waals surface area (Å²) in [4.78, 5) is 22.9. The van der Waals surface area contributed by atoms with Crippen molar-refractivity contribution in [3.63, 3.8) is 0 Å². The van der Waals surface area contributed by atoms with Crippen LogP contribution < -0.4 is 5.32 Å². The molecule has 0 heterocycles. The molecule has 0 bridgehead atoms. The second-order valence-corrected chi connectivity index (χ2v) is 4.39. The number of benzene rings is 2. The first-order valence-electron chi connectivity index (χ1n) is 6.42. The first-order chi connectivity index (χ1) is 10.2. The predicted octanol–water partition coefficient (Wildman–Crippen LogP) is 2.74. The molecule has 5 nitrogen and oxygen atoms in total. The van der Waals surface area contributed by atoms with Crippen LogP contribution in [0.3, 0.4) is 0 Å². The zero-order chi connectivity index (χ0) is 15.1. The van der Waals surface area contributed by atoms with Gasteiger partial charge in [0.2, 0.25) is 0 Å². The van der Waals surface area contributed by atoms with Gasteiger partial charge in [0.25, 0.3) is 0 Å². The number of carbonyl (C=O) groups excluding carboxylic acids is 1. The molecule has 2 aromatic carbocycles. The summed E-state index contributed by atoms with van der Waals surface area (Å²) in [6.07, 6.45) is -0.768. The van der Waals surface area contributed by atoms with Crippen molar-refractivity contribution in [3.05, 3.63) is 71.8 Å². The summed E-state index contributed by atoms with van der Waals surface area (Å²) in [5.41, 5.74) is 1.32. The molecule has 0 fully saturated rings. The Labute approximate surface area is 122 Å². The molecule has 0 radical (unpaired) electrons. The minimum absolute atomic E-state index is 0.0911. The molecule has 0 aliphatic rings. The van der Waals surface area contributed by atoms with Gasteiger partial charge in [0, 0.05) is 0 Å². The minimum Gasteiger partial charge on any atom is -0.479 e. The minimum atomic E-state index is -1.14. The van der Waals surface area contributed by atoms with E-state index in [4.69, 9.17) is 4.74 Å². The number of aliphatic carboxylic acids is 1. The van der Waals surface area contributed by atoms with Crippen LogP contribution in [0.1, 0.15) is 17.2 Å². The molecule has 21 heavy (non-hydrogen) atoms. The van der Waals surface area contributed by atoms with Gasteiger partial charge in [-0.3, -0.25) is 0 Å². The molecule has 1 amide bonds. The fourth-order valence-electron chi connectivity index (χ4n) is 1.82. The number of ether oxygens (including phenoxy) is 1. The van der Waals surface area contributed by atoms with Gasteiger partial charge in [0.1, 0.15) is 6.61 Å². The summed E-state index contributed by atoms with van der Waals surface area (Å²) in [5, 5.41) is 11.5. The second-order valence-electron chi connectivity index (χ2n) is 4.39. The highest BCUT2D eigenvalue weighted by atomic mass is 16.5. The van der Waals surface area contributed by atoms with Crippen LogP contribution in [-0.2, 0) is 16.1 Å². The van der Waals surface area contributed by atoms with E-state index in [1.165, 1.54) is 0 Å². The van der Waals surface area contributed by atoms with Crippen LogP contribution in [0.5, 0.6) is 0 Å². The number of carboxylic acid groups (broad SMARTS) is 1. The summed E-state index contributed by atoms with van der Waals surface area (Å²) in [5.74, 6) is -1.14. The highest BCUT2D eigenvalue weighted by Crippen LogP contribution is 2.13. The van der Waals surface area contributed by atoms with Crippen LogP contribution in [0.2, 0.25) is 0 Å². The summed E-state index contributed by atoms with van der Waals surface area (Å²) in [7, 11) is 0. The Kier molecular flexibility index (Phi) is 4.93. The Hall–Kier alpha value is -2.82. The highest BCUT2D eigenvalue weighted by molar-refractivity contribution is 5.81. The van der Waals surface area contributed by atoms with E-state index in [0.717, 1.165) is 5.56 Å². The molecule has 2 rings (SSSR count). The van der Waals surface area contributed by atoms with Gasteiger partial charge in [0.05, 0.1) is 0 Å². The smallest absolute Gasteiger partial charge is 0.408 e. The summed E-state index contributed by atoms with van der Waals surface area (Å²) in [6.45, 7) is 0.0911. The molecular formula is C16H15NO4. The lowest BCUT2D eigenvalue weighted by molar-refractivity contribution is -0.139.